The third-order valence-electron chi connectivity index (χ3n) is 5.56. The summed E-state index contributed by atoms with van der Waals surface area (Å²) in [5, 5.41) is 7.71. The molecule has 3 heterocycles. The molecule has 0 aromatic carbocycles. The van der Waals surface area contributed by atoms with E-state index in [1.54, 1.807) is 4.68 Å². The minimum absolute atomic E-state index is 0. The fourth-order valence-electron chi connectivity index (χ4n) is 3.92. The van der Waals surface area contributed by atoms with E-state index in [9.17, 15) is 4.79 Å². The number of likely N-dealkylation sites (tertiary alicyclic amines) is 1. The molecule has 1 N–H and O–H groups in total. The molecule has 2 fully saturated rings. The molecule has 32 heavy (non-hydrogen) atoms. The van der Waals surface area contributed by atoms with E-state index in [4.69, 9.17) is 14.5 Å². The number of amides is 1. The van der Waals surface area contributed by atoms with Gasteiger partial charge < -0.3 is 24.6 Å². The third-order valence-corrected chi connectivity index (χ3v) is 5.56. The monoisotopic (exact) mass is 562 g/mol. The number of ether oxygens (including phenoxy) is 2. The first-order chi connectivity index (χ1) is 14.7. The molecule has 2 saturated heterocycles. The normalized spacial score (nSPS) is 20.7. The lowest BCUT2D eigenvalue weighted by Crippen LogP contribution is -2.48. The zero-order valence-corrected chi connectivity index (χ0v) is 22.4. The van der Waals surface area contributed by atoms with Crippen LogP contribution in [0.5, 0.6) is 0 Å². The topological polar surface area (TPSA) is 84.2 Å². The molecule has 10 heteroatoms. The van der Waals surface area contributed by atoms with Gasteiger partial charge in [0.05, 0.1) is 19.3 Å². The van der Waals surface area contributed by atoms with E-state index in [0.29, 0.717) is 12.5 Å². The van der Waals surface area contributed by atoms with Crippen molar-refractivity contribution < 1.29 is 14.3 Å². The standard InChI is InChI=1S/C22H38N6O3.HI/c1-6-23-20(28-11-12-30-19(16-28)18-14-25-26(5)15-18)24-13-17-7-9-27(10-8-17)21(29)31-22(2,3)4;/h14-15,17,19H,6-13,16H2,1-5H3,(H,23,24);1H. The predicted octanol–water partition coefficient (Wildman–Crippen LogP) is 3.02. The molecule has 2 aliphatic rings. The second kappa shape index (κ2) is 12.1. The van der Waals surface area contributed by atoms with Gasteiger partial charge in [0.2, 0.25) is 0 Å². The first-order valence-electron chi connectivity index (χ1n) is 11.4. The van der Waals surface area contributed by atoms with E-state index in [-0.39, 0.29) is 36.2 Å². The van der Waals surface area contributed by atoms with E-state index < -0.39 is 5.60 Å². The SMILES string of the molecule is CCNC(=NCC1CCN(C(=O)OC(C)(C)C)CC1)N1CCOC(c2cnn(C)c2)C1.I. The third kappa shape index (κ3) is 7.79. The van der Waals surface area contributed by atoms with Crippen molar-refractivity contribution in [2.75, 3.05) is 45.9 Å². The van der Waals surface area contributed by atoms with Crippen molar-refractivity contribution in [1.82, 2.24) is 24.9 Å². The maximum absolute atomic E-state index is 12.3. The summed E-state index contributed by atoms with van der Waals surface area (Å²) in [6.45, 7) is 13.1. The molecule has 9 nitrogen and oxygen atoms in total. The van der Waals surface area contributed by atoms with Gasteiger partial charge in [0, 0.05) is 51.5 Å². The van der Waals surface area contributed by atoms with E-state index in [1.165, 1.54) is 0 Å². The zero-order chi connectivity index (χ0) is 22.4. The van der Waals surface area contributed by atoms with Crippen LogP contribution in [0.2, 0.25) is 0 Å². The predicted molar refractivity (Wildman–Crippen MR) is 135 cm³/mol. The molecular weight excluding hydrogens is 523 g/mol. The van der Waals surface area contributed by atoms with E-state index in [2.05, 4.69) is 22.2 Å². The number of aromatic nitrogens is 2. The van der Waals surface area contributed by atoms with Crippen LogP contribution in [0.3, 0.4) is 0 Å². The Hall–Kier alpha value is -1.56. The Morgan fingerprint density at radius 1 is 1.28 bits per heavy atom. The first kappa shape index (κ1) is 26.7. The number of piperidine rings is 1. The van der Waals surface area contributed by atoms with Crippen LogP contribution in [-0.4, -0.2) is 83.1 Å². The molecule has 1 aromatic heterocycles. The highest BCUT2D eigenvalue weighted by atomic mass is 127. The van der Waals surface area contributed by atoms with Gasteiger partial charge >= 0.3 is 6.09 Å². The number of aliphatic imine (C=N–C) groups is 1. The van der Waals surface area contributed by atoms with Gasteiger partial charge in [-0.15, -0.1) is 24.0 Å². The summed E-state index contributed by atoms with van der Waals surface area (Å²) in [5.41, 5.74) is 0.641. The highest BCUT2D eigenvalue weighted by Crippen LogP contribution is 2.23. The van der Waals surface area contributed by atoms with E-state index in [1.807, 2.05) is 45.1 Å². The number of hydrogen-bond acceptors (Lipinski definition) is 5. The van der Waals surface area contributed by atoms with Crippen LogP contribution in [0, 0.1) is 5.92 Å². The first-order valence-corrected chi connectivity index (χ1v) is 11.4. The highest BCUT2D eigenvalue weighted by molar-refractivity contribution is 14.0. The molecule has 1 atom stereocenters. The fourth-order valence-corrected chi connectivity index (χ4v) is 3.92. The van der Waals surface area contributed by atoms with Crippen LogP contribution < -0.4 is 5.32 Å². The fraction of sp³-hybridized carbons (Fsp3) is 0.773. The Morgan fingerprint density at radius 3 is 2.59 bits per heavy atom. The Morgan fingerprint density at radius 2 is 2.00 bits per heavy atom. The van der Waals surface area contributed by atoms with Crippen LogP contribution in [0.25, 0.3) is 0 Å². The van der Waals surface area contributed by atoms with Gasteiger partial charge in [0.15, 0.2) is 5.96 Å². The number of rotatable bonds is 4. The van der Waals surface area contributed by atoms with Crippen molar-refractivity contribution in [2.24, 2.45) is 18.0 Å². The minimum Gasteiger partial charge on any atom is -0.444 e. The van der Waals surface area contributed by atoms with Crippen LogP contribution in [-0.2, 0) is 16.5 Å². The van der Waals surface area contributed by atoms with Crippen LogP contribution in [0.4, 0.5) is 4.79 Å². The Bertz CT molecular complexity index is 755. The largest absolute Gasteiger partial charge is 0.444 e. The number of nitrogens with one attached hydrogen (secondary N) is 1. The van der Waals surface area contributed by atoms with Gasteiger partial charge in [-0.1, -0.05) is 0 Å². The second-order valence-electron chi connectivity index (χ2n) is 9.36. The summed E-state index contributed by atoms with van der Waals surface area (Å²) in [6.07, 6.45) is 5.57. The average molecular weight is 562 g/mol. The van der Waals surface area contributed by atoms with Crippen LogP contribution >= 0.6 is 24.0 Å². The summed E-state index contributed by atoms with van der Waals surface area (Å²) in [5.74, 6) is 1.41. The molecule has 0 radical (unpaired) electrons. The number of guanidine groups is 1. The average Bonchev–Trinajstić information content (AvgIpc) is 3.17. The Balaban J connectivity index is 0.00000363. The highest BCUT2D eigenvalue weighted by Gasteiger charge is 2.28. The molecule has 182 valence electrons. The summed E-state index contributed by atoms with van der Waals surface area (Å²) in [7, 11) is 1.92. The number of halogens is 1. The summed E-state index contributed by atoms with van der Waals surface area (Å²) in [6, 6.07) is 0. The number of carbonyl (C=O) groups excluding carboxylic acids is 1. The lowest BCUT2D eigenvalue weighted by molar-refractivity contribution is -0.00808. The van der Waals surface area contributed by atoms with Crippen molar-refractivity contribution in [3.05, 3.63) is 18.0 Å². The quantitative estimate of drug-likeness (QED) is 0.345. The smallest absolute Gasteiger partial charge is 0.410 e. The van der Waals surface area contributed by atoms with Crippen LogP contribution in [0.1, 0.15) is 52.2 Å². The molecular formula is C22H39IN6O3. The number of morpholine rings is 1. The Kier molecular flexibility index (Phi) is 10.1. The van der Waals surface area contributed by atoms with Crippen LogP contribution in [0.15, 0.2) is 17.4 Å². The zero-order valence-electron chi connectivity index (χ0n) is 20.0. The van der Waals surface area contributed by atoms with Gasteiger partial charge in [-0.25, -0.2) is 4.79 Å². The maximum atomic E-state index is 12.3. The van der Waals surface area contributed by atoms with Gasteiger partial charge in [0.25, 0.3) is 0 Å². The minimum atomic E-state index is -0.454. The summed E-state index contributed by atoms with van der Waals surface area (Å²) >= 11 is 0. The van der Waals surface area contributed by atoms with Gasteiger partial charge in [-0.05, 0) is 46.5 Å². The van der Waals surface area contributed by atoms with Crippen molar-refractivity contribution in [2.45, 2.75) is 52.2 Å². The second-order valence-corrected chi connectivity index (χ2v) is 9.36. The van der Waals surface area contributed by atoms with Crippen molar-refractivity contribution in [3.63, 3.8) is 0 Å². The molecule has 1 aromatic rings. The van der Waals surface area contributed by atoms with Gasteiger partial charge in [0.1, 0.15) is 11.7 Å². The maximum Gasteiger partial charge on any atom is 0.410 e. The lowest BCUT2D eigenvalue weighted by Gasteiger charge is -2.35. The molecule has 3 rings (SSSR count). The van der Waals surface area contributed by atoms with Gasteiger partial charge in [-0.3, -0.25) is 9.67 Å². The van der Waals surface area contributed by atoms with E-state index >= 15 is 0 Å². The molecule has 0 spiro atoms. The summed E-state index contributed by atoms with van der Waals surface area (Å²) < 4.78 is 13.3. The number of hydrogen-bond donors (Lipinski definition) is 1. The van der Waals surface area contributed by atoms with Gasteiger partial charge in [-0.2, -0.15) is 5.10 Å². The van der Waals surface area contributed by atoms with Crippen molar-refractivity contribution in [3.8, 4) is 0 Å². The number of carbonyl (C=O) groups is 1. The molecule has 0 aliphatic carbocycles. The van der Waals surface area contributed by atoms with E-state index in [0.717, 1.165) is 63.6 Å². The Labute approximate surface area is 208 Å². The summed E-state index contributed by atoms with van der Waals surface area (Å²) in [4.78, 5) is 21.3. The number of aryl methyl sites for hydroxylation is 1. The molecule has 0 saturated carbocycles. The lowest BCUT2D eigenvalue weighted by atomic mass is 9.97. The molecule has 2 aliphatic heterocycles. The number of nitrogens with zero attached hydrogens (tertiary/aromatic N) is 5. The molecule has 1 unspecified atom stereocenters. The molecule has 1 amide bonds. The van der Waals surface area contributed by atoms with Crippen molar-refractivity contribution >= 4 is 36.0 Å². The molecule has 0 bridgehead atoms. The van der Waals surface area contributed by atoms with Crippen molar-refractivity contribution in [1.29, 1.82) is 0 Å².